The van der Waals surface area contributed by atoms with Gasteiger partial charge >= 0.3 is 0 Å². The van der Waals surface area contributed by atoms with E-state index in [1.807, 2.05) is 11.8 Å². The van der Waals surface area contributed by atoms with Crippen molar-refractivity contribution in [2.45, 2.75) is 44.6 Å². The van der Waals surface area contributed by atoms with E-state index in [4.69, 9.17) is 0 Å². The van der Waals surface area contributed by atoms with Crippen LogP contribution in [0.15, 0.2) is 22.7 Å². The van der Waals surface area contributed by atoms with E-state index in [1.54, 1.807) is 0 Å². The molecule has 0 aliphatic heterocycles. The summed E-state index contributed by atoms with van der Waals surface area (Å²) in [5, 5.41) is 3.73. The van der Waals surface area contributed by atoms with Crippen LogP contribution in [0.4, 0.5) is 0 Å². The number of benzene rings is 1. The van der Waals surface area contributed by atoms with Gasteiger partial charge < -0.3 is 5.32 Å². The second-order valence-electron chi connectivity index (χ2n) is 5.30. The fourth-order valence-electron chi connectivity index (χ4n) is 2.80. The average molecular weight is 342 g/mol. The molecule has 0 heterocycles. The normalized spacial score (nSPS) is 17.7. The molecule has 0 saturated heterocycles. The fourth-order valence-corrected chi connectivity index (χ4v) is 3.70. The number of aryl methyl sites for hydroxylation is 1. The van der Waals surface area contributed by atoms with E-state index in [9.17, 15) is 0 Å². The summed E-state index contributed by atoms with van der Waals surface area (Å²) < 4.78 is 1.21. The molecule has 1 aromatic rings. The van der Waals surface area contributed by atoms with Crippen LogP contribution in [-0.2, 0) is 6.42 Å². The molecule has 1 N–H and O–H groups in total. The molecule has 0 radical (unpaired) electrons. The van der Waals surface area contributed by atoms with E-state index in [2.05, 4.69) is 45.7 Å². The van der Waals surface area contributed by atoms with Gasteiger partial charge in [-0.2, -0.15) is 11.8 Å². The zero-order valence-electron chi connectivity index (χ0n) is 11.8. The molecule has 0 amide bonds. The molecule has 1 aliphatic rings. The van der Waals surface area contributed by atoms with Crippen molar-refractivity contribution < 1.29 is 0 Å². The second kappa shape index (κ2) is 8.33. The van der Waals surface area contributed by atoms with Crippen LogP contribution in [0.3, 0.4) is 0 Å². The lowest BCUT2D eigenvalue weighted by Gasteiger charge is -2.14. The number of hydrogen-bond donors (Lipinski definition) is 1. The molecule has 3 heteroatoms. The van der Waals surface area contributed by atoms with Gasteiger partial charge in [-0.3, -0.25) is 0 Å². The number of hydrogen-bond acceptors (Lipinski definition) is 2. The highest BCUT2D eigenvalue weighted by molar-refractivity contribution is 9.10. The van der Waals surface area contributed by atoms with Gasteiger partial charge in [0.2, 0.25) is 0 Å². The first-order valence-electron chi connectivity index (χ1n) is 7.32. The van der Waals surface area contributed by atoms with Crippen LogP contribution < -0.4 is 5.32 Å². The first-order valence-corrected chi connectivity index (χ1v) is 9.50. The third kappa shape index (κ3) is 4.80. The molecule has 106 valence electrons. The van der Waals surface area contributed by atoms with Crippen molar-refractivity contribution in [3.63, 3.8) is 0 Å². The molecular weight excluding hydrogens is 318 g/mol. The molecule has 1 atom stereocenters. The fraction of sp³-hybridized carbons (Fsp3) is 0.625. The lowest BCUT2D eigenvalue weighted by molar-refractivity contribution is 0.506. The first-order chi connectivity index (χ1) is 9.31. The minimum Gasteiger partial charge on any atom is -0.310 e. The monoisotopic (exact) mass is 341 g/mol. The predicted octanol–water partition coefficient (Wildman–Crippen LogP) is 4.95. The average Bonchev–Trinajstić information content (AvgIpc) is 2.80. The van der Waals surface area contributed by atoms with E-state index in [0.717, 1.165) is 0 Å². The van der Waals surface area contributed by atoms with Gasteiger partial charge in [0, 0.05) is 10.5 Å². The SMILES string of the molecule is CSCCCCCCNC1CCc2cc(Br)ccc21. The highest BCUT2D eigenvalue weighted by atomic mass is 79.9. The van der Waals surface area contributed by atoms with Crippen molar-refractivity contribution in [2.75, 3.05) is 18.6 Å². The Hall–Kier alpha value is 0.01000. The second-order valence-corrected chi connectivity index (χ2v) is 7.20. The maximum absolute atomic E-state index is 3.73. The summed E-state index contributed by atoms with van der Waals surface area (Å²) in [6, 6.07) is 7.32. The van der Waals surface area contributed by atoms with E-state index in [1.165, 1.54) is 66.4 Å². The van der Waals surface area contributed by atoms with Gasteiger partial charge in [-0.25, -0.2) is 0 Å². The number of fused-ring (bicyclic) bond motifs is 1. The Balaban J connectivity index is 1.66. The Kier molecular flexibility index (Phi) is 6.75. The number of nitrogens with one attached hydrogen (secondary N) is 1. The summed E-state index contributed by atoms with van der Waals surface area (Å²) in [5.74, 6) is 1.32. The van der Waals surface area contributed by atoms with Crippen molar-refractivity contribution in [1.82, 2.24) is 5.32 Å². The van der Waals surface area contributed by atoms with E-state index < -0.39 is 0 Å². The molecular formula is C16H24BrNS. The van der Waals surface area contributed by atoms with Crippen molar-refractivity contribution in [2.24, 2.45) is 0 Å². The first kappa shape index (κ1) is 15.4. The lowest BCUT2D eigenvalue weighted by atomic mass is 10.1. The van der Waals surface area contributed by atoms with Crippen LogP contribution >= 0.6 is 27.7 Å². The zero-order chi connectivity index (χ0) is 13.5. The Morgan fingerprint density at radius 2 is 2.11 bits per heavy atom. The topological polar surface area (TPSA) is 12.0 Å². The van der Waals surface area contributed by atoms with Crippen LogP contribution in [0.2, 0.25) is 0 Å². The molecule has 1 unspecified atom stereocenters. The summed E-state index contributed by atoms with van der Waals surface area (Å²) in [4.78, 5) is 0. The summed E-state index contributed by atoms with van der Waals surface area (Å²) >= 11 is 5.52. The summed E-state index contributed by atoms with van der Waals surface area (Å²) in [7, 11) is 0. The zero-order valence-corrected chi connectivity index (χ0v) is 14.2. The van der Waals surface area contributed by atoms with Crippen LogP contribution in [-0.4, -0.2) is 18.6 Å². The summed E-state index contributed by atoms with van der Waals surface area (Å²) in [6.45, 7) is 1.17. The van der Waals surface area contributed by atoms with Gasteiger partial charge in [0.1, 0.15) is 0 Å². The predicted molar refractivity (Wildman–Crippen MR) is 90.1 cm³/mol. The van der Waals surface area contributed by atoms with Crippen molar-refractivity contribution >= 4 is 27.7 Å². The van der Waals surface area contributed by atoms with E-state index in [-0.39, 0.29) is 0 Å². The molecule has 1 aliphatic carbocycles. The smallest absolute Gasteiger partial charge is 0.0326 e. The number of thioether (sulfide) groups is 1. The number of halogens is 1. The van der Waals surface area contributed by atoms with Gasteiger partial charge in [-0.05, 0) is 67.5 Å². The standard InChI is InChI=1S/C16H24BrNS/c1-19-11-5-3-2-4-10-18-16-9-6-13-12-14(17)7-8-15(13)16/h7-8,12,16,18H,2-6,9-11H2,1H3. The van der Waals surface area contributed by atoms with Gasteiger partial charge in [-0.15, -0.1) is 0 Å². The quantitative estimate of drug-likeness (QED) is 0.671. The number of rotatable bonds is 8. The minimum absolute atomic E-state index is 0.592. The molecule has 0 spiro atoms. The van der Waals surface area contributed by atoms with Gasteiger partial charge in [0.15, 0.2) is 0 Å². The van der Waals surface area contributed by atoms with Crippen molar-refractivity contribution in [1.29, 1.82) is 0 Å². The van der Waals surface area contributed by atoms with Gasteiger partial charge in [0.05, 0.1) is 0 Å². The molecule has 2 rings (SSSR count). The van der Waals surface area contributed by atoms with Crippen LogP contribution in [0.1, 0.15) is 49.3 Å². The minimum atomic E-state index is 0.592. The van der Waals surface area contributed by atoms with Crippen LogP contribution in [0.25, 0.3) is 0 Å². The molecule has 1 nitrogen and oxygen atoms in total. The summed E-state index contributed by atoms with van der Waals surface area (Å²) in [5.41, 5.74) is 3.04. The highest BCUT2D eigenvalue weighted by Gasteiger charge is 2.21. The maximum atomic E-state index is 3.73. The molecule has 1 aromatic carbocycles. The highest BCUT2D eigenvalue weighted by Crippen LogP contribution is 2.32. The Labute approximate surface area is 130 Å². The largest absolute Gasteiger partial charge is 0.310 e. The van der Waals surface area contributed by atoms with E-state index in [0.29, 0.717) is 6.04 Å². The molecule has 19 heavy (non-hydrogen) atoms. The Morgan fingerprint density at radius 3 is 2.95 bits per heavy atom. The van der Waals surface area contributed by atoms with Crippen LogP contribution in [0.5, 0.6) is 0 Å². The Bertz CT molecular complexity index is 394. The van der Waals surface area contributed by atoms with E-state index >= 15 is 0 Å². The molecule has 0 saturated carbocycles. The molecule has 0 fully saturated rings. The third-order valence-corrected chi connectivity index (χ3v) is 5.04. The maximum Gasteiger partial charge on any atom is 0.0326 e. The third-order valence-electron chi connectivity index (χ3n) is 3.85. The molecule has 0 aromatic heterocycles. The van der Waals surface area contributed by atoms with Crippen molar-refractivity contribution in [3.05, 3.63) is 33.8 Å². The van der Waals surface area contributed by atoms with Gasteiger partial charge in [-0.1, -0.05) is 34.8 Å². The molecule has 0 bridgehead atoms. The number of unbranched alkanes of at least 4 members (excludes halogenated alkanes) is 3. The summed E-state index contributed by atoms with van der Waals surface area (Å²) in [6.07, 6.45) is 10.1. The Morgan fingerprint density at radius 1 is 1.26 bits per heavy atom. The lowest BCUT2D eigenvalue weighted by Crippen LogP contribution is -2.20. The van der Waals surface area contributed by atoms with Gasteiger partial charge in [0.25, 0.3) is 0 Å². The van der Waals surface area contributed by atoms with Crippen molar-refractivity contribution in [3.8, 4) is 0 Å². The van der Waals surface area contributed by atoms with Crippen LogP contribution in [0, 0.1) is 0 Å².